The molecule has 1 atom stereocenters. The smallest absolute Gasteiger partial charge is 0.281 e. The highest BCUT2D eigenvalue weighted by atomic mass is 19.1. The molecule has 0 bridgehead atoms. The molecule has 35 heavy (non-hydrogen) atoms. The van der Waals surface area contributed by atoms with Crippen LogP contribution in [0.4, 0.5) is 4.39 Å². The Morgan fingerprint density at radius 3 is 2.49 bits per heavy atom. The van der Waals surface area contributed by atoms with E-state index in [1.807, 2.05) is 43.0 Å². The van der Waals surface area contributed by atoms with Crippen molar-refractivity contribution in [1.82, 2.24) is 29.9 Å². The molecule has 1 aliphatic rings. The number of piperidine rings is 1. The fourth-order valence-electron chi connectivity index (χ4n) is 4.59. The van der Waals surface area contributed by atoms with E-state index in [0.717, 1.165) is 11.1 Å². The minimum absolute atomic E-state index is 0.0278. The number of aryl methyl sites for hydroxylation is 1. The lowest BCUT2D eigenvalue weighted by atomic mass is 9.93. The lowest BCUT2D eigenvalue weighted by Gasteiger charge is -2.33. The Bertz CT molecular complexity index is 1400. The van der Waals surface area contributed by atoms with Gasteiger partial charge < -0.3 is 9.88 Å². The van der Waals surface area contributed by atoms with Gasteiger partial charge in [-0.1, -0.05) is 47.2 Å². The van der Waals surface area contributed by atoms with Crippen LogP contribution in [0.15, 0.2) is 53.3 Å². The molecule has 3 heterocycles. The Labute approximate surface area is 201 Å². The molecular weight excluding hydrogens is 447 g/mol. The first-order valence-electron chi connectivity index (χ1n) is 11.8. The molecule has 9 heteroatoms. The summed E-state index contributed by atoms with van der Waals surface area (Å²) >= 11 is 0. The Morgan fingerprint density at radius 1 is 1.11 bits per heavy atom. The van der Waals surface area contributed by atoms with Crippen molar-refractivity contribution < 1.29 is 9.18 Å². The van der Waals surface area contributed by atoms with Gasteiger partial charge in [0, 0.05) is 19.0 Å². The number of nitrogens with zero attached hydrogens (tertiary/aromatic N) is 5. The first-order valence-corrected chi connectivity index (χ1v) is 11.8. The Kier molecular flexibility index (Phi) is 6.15. The average molecular weight is 475 g/mol. The molecule has 0 saturated carbocycles. The molecule has 8 nitrogen and oxygen atoms in total. The van der Waals surface area contributed by atoms with Crippen molar-refractivity contribution in [2.45, 2.75) is 45.1 Å². The number of halogens is 1. The van der Waals surface area contributed by atoms with Gasteiger partial charge in [0.25, 0.3) is 5.56 Å². The summed E-state index contributed by atoms with van der Waals surface area (Å²) in [6, 6.07) is 14.2. The van der Waals surface area contributed by atoms with Crippen LogP contribution in [0, 0.1) is 12.7 Å². The maximum absolute atomic E-state index is 13.2. The van der Waals surface area contributed by atoms with Crippen molar-refractivity contribution in [3.8, 4) is 0 Å². The molecule has 0 aliphatic carbocycles. The van der Waals surface area contributed by atoms with Crippen LogP contribution in [0.1, 0.15) is 54.1 Å². The van der Waals surface area contributed by atoms with E-state index in [9.17, 15) is 14.0 Å². The summed E-state index contributed by atoms with van der Waals surface area (Å²) in [4.78, 5) is 35.2. The molecule has 4 aromatic rings. The quantitative estimate of drug-likeness (QED) is 0.477. The lowest BCUT2D eigenvalue weighted by Crippen LogP contribution is -2.40. The number of nitrogens with one attached hydrogen (secondary N) is 1. The van der Waals surface area contributed by atoms with Gasteiger partial charge in [-0.15, -0.1) is 5.10 Å². The van der Waals surface area contributed by atoms with Gasteiger partial charge in [0.1, 0.15) is 11.6 Å². The third-order valence-electron chi connectivity index (χ3n) is 6.78. The second kappa shape index (κ2) is 9.40. The normalized spacial score (nSPS) is 15.5. The van der Waals surface area contributed by atoms with Crippen LogP contribution in [-0.4, -0.2) is 48.9 Å². The number of hydrogen-bond acceptors (Lipinski definition) is 5. The number of hydrogen-bond donors (Lipinski definition) is 1. The largest absolute Gasteiger partial charge is 0.342 e. The molecule has 1 aliphatic heterocycles. The zero-order chi connectivity index (χ0) is 24.5. The van der Waals surface area contributed by atoms with E-state index < -0.39 is 0 Å². The van der Waals surface area contributed by atoms with E-state index in [1.165, 1.54) is 17.7 Å². The Morgan fingerprint density at radius 2 is 1.80 bits per heavy atom. The predicted octanol–water partition coefficient (Wildman–Crippen LogP) is 3.52. The van der Waals surface area contributed by atoms with Crippen molar-refractivity contribution in [2.24, 2.45) is 0 Å². The summed E-state index contributed by atoms with van der Waals surface area (Å²) in [6.45, 7) is 5.52. The Balaban J connectivity index is 1.30. The van der Waals surface area contributed by atoms with Gasteiger partial charge in [0.2, 0.25) is 5.91 Å². The zero-order valence-electron chi connectivity index (χ0n) is 19.7. The number of H-pyrrole nitrogens is 1. The van der Waals surface area contributed by atoms with Gasteiger partial charge >= 0.3 is 0 Å². The first kappa shape index (κ1) is 22.9. The van der Waals surface area contributed by atoms with E-state index in [1.54, 1.807) is 16.8 Å². The summed E-state index contributed by atoms with van der Waals surface area (Å²) in [5, 5.41) is 8.07. The van der Waals surface area contributed by atoms with Gasteiger partial charge in [0.15, 0.2) is 11.2 Å². The summed E-state index contributed by atoms with van der Waals surface area (Å²) in [5.41, 5.74) is 3.26. The number of carbonyl (C=O) groups excluding carboxylic acids is 1. The van der Waals surface area contributed by atoms with Gasteiger partial charge in [-0.05, 0) is 49.9 Å². The van der Waals surface area contributed by atoms with Crippen LogP contribution in [0.5, 0.6) is 0 Å². The third kappa shape index (κ3) is 4.71. The highest BCUT2D eigenvalue weighted by Gasteiger charge is 2.29. The number of carbonyl (C=O) groups is 1. The Hall–Kier alpha value is -3.88. The van der Waals surface area contributed by atoms with E-state index in [4.69, 9.17) is 4.98 Å². The fraction of sp³-hybridized carbons (Fsp3) is 0.346. The second-order valence-corrected chi connectivity index (χ2v) is 9.23. The zero-order valence-corrected chi connectivity index (χ0v) is 19.7. The molecule has 1 fully saturated rings. The number of fused-ring (bicyclic) bond motifs is 1. The van der Waals surface area contributed by atoms with Crippen molar-refractivity contribution in [2.75, 3.05) is 13.1 Å². The van der Waals surface area contributed by atoms with Crippen LogP contribution in [0.3, 0.4) is 0 Å². The maximum atomic E-state index is 13.2. The highest BCUT2D eigenvalue weighted by molar-refractivity contribution is 5.83. The summed E-state index contributed by atoms with van der Waals surface area (Å²) in [5.74, 6) is 0.218. The van der Waals surface area contributed by atoms with Crippen LogP contribution >= 0.6 is 0 Å². The molecule has 180 valence electrons. The number of likely N-dealkylation sites (tertiary alicyclic amines) is 1. The first-order chi connectivity index (χ1) is 16.9. The topological polar surface area (TPSA) is 96.8 Å². The van der Waals surface area contributed by atoms with Crippen LogP contribution in [0.2, 0.25) is 0 Å². The van der Waals surface area contributed by atoms with Crippen molar-refractivity contribution >= 4 is 17.1 Å². The number of amides is 1. The third-order valence-corrected chi connectivity index (χ3v) is 6.78. The second-order valence-electron chi connectivity index (χ2n) is 9.23. The number of aromatic amines is 1. The van der Waals surface area contributed by atoms with Gasteiger partial charge in [-0.3, -0.25) is 9.59 Å². The van der Waals surface area contributed by atoms with Crippen molar-refractivity contribution in [3.05, 3.63) is 87.2 Å². The molecule has 0 spiro atoms. The average Bonchev–Trinajstić information content (AvgIpc) is 3.28. The standard InChI is InChI=1S/C26H27FN6O2/c1-16-3-7-19(8-4-16)17(2)26(35)32-13-11-20(12-14-32)23-28-24-22(25(34)29-23)30-31-33(24)15-18-5-9-21(27)10-6-18/h3-10,17,20H,11-15H2,1-2H3,(H,28,29,34). The molecule has 2 aromatic heterocycles. The van der Waals surface area contributed by atoms with E-state index >= 15 is 0 Å². The molecule has 1 unspecified atom stereocenters. The van der Waals surface area contributed by atoms with Crippen LogP contribution < -0.4 is 5.56 Å². The number of rotatable bonds is 5. The molecule has 0 radical (unpaired) electrons. The minimum atomic E-state index is -0.332. The summed E-state index contributed by atoms with van der Waals surface area (Å²) < 4.78 is 14.8. The lowest BCUT2D eigenvalue weighted by molar-refractivity contribution is -0.133. The maximum Gasteiger partial charge on any atom is 0.281 e. The van der Waals surface area contributed by atoms with Gasteiger partial charge in [0.05, 0.1) is 12.5 Å². The minimum Gasteiger partial charge on any atom is -0.342 e. The monoisotopic (exact) mass is 474 g/mol. The van der Waals surface area contributed by atoms with E-state index in [0.29, 0.717) is 43.9 Å². The van der Waals surface area contributed by atoms with Gasteiger partial charge in [-0.2, -0.15) is 0 Å². The van der Waals surface area contributed by atoms with Crippen molar-refractivity contribution in [1.29, 1.82) is 0 Å². The number of benzene rings is 2. The van der Waals surface area contributed by atoms with E-state index in [-0.39, 0.29) is 34.6 Å². The molecule has 1 amide bonds. The SMILES string of the molecule is Cc1ccc(C(C)C(=O)N2CCC(c3nc4c(nnn4Cc4ccc(F)cc4)c(=O)[nH]3)CC2)cc1. The summed E-state index contributed by atoms with van der Waals surface area (Å²) in [6.07, 6.45) is 1.42. The fourth-order valence-corrected chi connectivity index (χ4v) is 4.59. The van der Waals surface area contributed by atoms with Crippen LogP contribution in [0.25, 0.3) is 11.2 Å². The number of aromatic nitrogens is 5. The predicted molar refractivity (Wildman–Crippen MR) is 130 cm³/mol. The van der Waals surface area contributed by atoms with Gasteiger partial charge in [-0.25, -0.2) is 14.1 Å². The van der Waals surface area contributed by atoms with Crippen LogP contribution in [-0.2, 0) is 11.3 Å². The molecule has 5 rings (SSSR count). The van der Waals surface area contributed by atoms with Crippen molar-refractivity contribution in [3.63, 3.8) is 0 Å². The molecular formula is C26H27FN6O2. The molecule has 1 N–H and O–H groups in total. The molecule has 2 aromatic carbocycles. The summed E-state index contributed by atoms with van der Waals surface area (Å²) in [7, 11) is 0. The van der Waals surface area contributed by atoms with E-state index in [2.05, 4.69) is 15.3 Å². The highest BCUT2D eigenvalue weighted by Crippen LogP contribution is 2.28. The molecule has 1 saturated heterocycles.